The van der Waals surface area contributed by atoms with E-state index in [0.29, 0.717) is 24.5 Å². The number of hydrogen-bond acceptors (Lipinski definition) is 4. The van der Waals surface area contributed by atoms with Crippen LogP contribution in [0.3, 0.4) is 0 Å². The van der Waals surface area contributed by atoms with Crippen LogP contribution in [0.1, 0.15) is 22.5 Å². The van der Waals surface area contributed by atoms with E-state index in [2.05, 4.69) is 16.0 Å². The molecule has 0 radical (unpaired) electrons. The quantitative estimate of drug-likeness (QED) is 0.840. The standard InChI is InChI=1S/C15H15N3O/c1-11-9-12(2)18-15(14(11)10-16)19-8-6-13-5-3-4-7-17-13/h3-5,7,9H,6,8H2,1-2H3. The lowest BCUT2D eigenvalue weighted by Crippen LogP contribution is -2.06. The molecule has 0 N–H and O–H groups in total. The van der Waals surface area contributed by atoms with E-state index in [-0.39, 0.29) is 0 Å². The topological polar surface area (TPSA) is 58.8 Å². The molecule has 0 aliphatic heterocycles. The SMILES string of the molecule is Cc1cc(C)c(C#N)c(OCCc2ccccn2)n1. The highest BCUT2D eigenvalue weighted by atomic mass is 16.5. The van der Waals surface area contributed by atoms with Gasteiger partial charge in [-0.2, -0.15) is 5.26 Å². The van der Waals surface area contributed by atoms with Gasteiger partial charge in [-0.05, 0) is 37.6 Å². The van der Waals surface area contributed by atoms with Gasteiger partial charge in [-0.15, -0.1) is 0 Å². The van der Waals surface area contributed by atoms with Crippen molar-refractivity contribution in [1.82, 2.24) is 9.97 Å². The Kier molecular flexibility index (Phi) is 4.09. The zero-order valence-electron chi connectivity index (χ0n) is 11.1. The van der Waals surface area contributed by atoms with Crippen LogP contribution in [0, 0.1) is 25.2 Å². The van der Waals surface area contributed by atoms with E-state index >= 15 is 0 Å². The molecule has 2 aromatic heterocycles. The van der Waals surface area contributed by atoms with Crippen molar-refractivity contribution in [3.8, 4) is 11.9 Å². The first-order chi connectivity index (χ1) is 9.20. The number of pyridine rings is 2. The average Bonchev–Trinajstić information content (AvgIpc) is 2.39. The maximum absolute atomic E-state index is 9.12. The smallest absolute Gasteiger partial charge is 0.232 e. The van der Waals surface area contributed by atoms with Gasteiger partial charge in [0.25, 0.3) is 0 Å². The first-order valence-corrected chi connectivity index (χ1v) is 6.12. The highest BCUT2D eigenvalue weighted by Gasteiger charge is 2.09. The van der Waals surface area contributed by atoms with Crippen LogP contribution in [0.25, 0.3) is 0 Å². The second-order valence-corrected chi connectivity index (χ2v) is 4.29. The normalized spacial score (nSPS) is 9.95. The summed E-state index contributed by atoms with van der Waals surface area (Å²) in [7, 11) is 0. The second-order valence-electron chi connectivity index (χ2n) is 4.29. The first kappa shape index (κ1) is 13.0. The van der Waals surface area contributed by atoms with Crippen LogP contribution in [0.4, 0.5) is 0 Å². The fourth-order valence-electron chi connectivity index (χ4n) is 1.84. The van der Waals surface area contributed by atoms with Crippen molar-refractivity contribution >= 4 is 0 Å². The van der Waals surface area contributed by atoms with Crippen molar-refractivity contribution in [3.05, 3.63) is 53.0 Å². The Bertz CT molecular complexity index is 603. The molecular weight excluding hydrogens is 238 g/mol. The third-order valence-electron chi connectivity index (χ3n) is 2.75. The van der Waals surface area contributed by atoms with Gasteiger partial charge in [0.1, 0.15) is 11.6 Å². The van der Waals surface area contributed by atoms with Crippen molar-refractivity contribution in [3.63, 3.8) is 0 Å². The lowest BCUT2D eigenvalue weighted by atomic mass is 10.1. The Morgan fingerprint density at radius 1 is 1.32 bits per heavy atom. The van der Waals surface area contributed by atoms with Crippen LogP contribution in [-0.2, 0) is 6.42 Å². The van der Waals surface area contributed by atoms with E-state index in [0.717, 1.165) is 17.0 Å². The van der Waals surface area contributed by atoms with Crippen molar-refractivity contribution < 1.29 is 4.74 Å². The molecule has 0 saturated heterocycles. The Labute approximate surface area is 112 Å². The summed E-state index contributed by atoms with van der Waals surface area (Å²) < 4.78 is 5.62. The minimum absolute atomic E-state index is 0.413. The minimum Gasteiger partial charge on any atom is -0.476 e. The van der Waals surface area contributed by atoms with Crippen molar-refractivity contribution in [2.24, 2.45) is 0 Å². The molecule has 0 fully saturated rings. The predicted molar refractivity (Wildman–Crippen MR) is 71.9 cm³/mol. The Morgan fingerprint density at radius 3 is 2.84 bits per heavy atom. The summed E-state index contributed by atoms with van der Waals surface area (Å²) >= 11 is 0. The molecule has 2 aromatic rings. The molecule has 2 heterocycles. The van der Waals surface area contributed by atoms with Gasteiger partial charge in [0.05, 0.1) is 6.61 Å². The third kappa shape index (κ3) is 3.29. The highest BCUT2D eigenvalue weighted by Crippen LogP contribution is 2.19. The molecule has 0 amide bonds. The first-order valence-electron chi connectivity index (χ1n) is 6.12. The number of aryl methyl sites for hydroxylation is 2. The molecule has 0 saturated carbocycles. The zero-order valence-corrected chi connectivity index (χ0v) is 11.1. The van der Waals surface area contributed by atoms with E-state index in [4.69, 9.17) is 10.00 Å². The number of ether oxygens (including phenoxy) is 1. The number of nitriles is 1. The van der Waals surface area contributed by atoms with Gasteiger partial charge in [-0.3, -0.25) is 4.98 Å². The molecule has 0 aromatic carbocycles. The molecule has 4 heteroatoms. The van der Waals surface area contributed by atoms with Gasteiger partial charge in [0.15, 0.2) is 0 Å². The van der Waals surface area contributed by atoms with Gasteiger partial charge >= 0.3 is 0 Å². The lowest BCUT2D eigenvalue weighted by Gasteiger charge is -2.09. The summed E-state index contributed by atoms with van der Waals surface area (Å²) in [5.74, 6) is 0.413. The van der Waals surface area contributed by atoms with Gasteiger partial charge in [0.2, 0.25) is 5.88 Å². The maximum Gasteiger partial charge on any atom is 0.232 e. The van der Waals surface area contributed by atoms with E-state index in [1.54, 1.807) is 6.20 Å². The van der Waals surface area contributed by atoms with Crippen molar-refractivity contribution in [2.75, 3.05) is 6.61 Å². The van der Waals surface area contributed by atoms with Crippen LogP contribution in [0.15, 0.2) is 30.5 Å². The number of aromatic nitrogens is 2. The molecule has 0 aliphatic rings. The monoisotopic (exact) mass is 253 g/mol. The molecule has 0 bridgehead atoms. The molecule has 96 valence electrons. The molecule has 0 aliphatic carbocycles. The van der Waals surface area contributed by atoms with E-state index < -0.39 is 0 Å². The zero-order chi connectivity index (χ0) is 13.7. The summed E-state index contributed by atoms with van der Waals surface area (Å²) in [6.07, 6.45) is 2.45. The molecule has 19 heavy (non-hydrogen) atoms. The van der Waals surface area contributed by atoms with Gasteiger partial charge in [-0.25, -0.2) is 4.98 Å². The van der Waals surface area contributed by atoms with Crippen molar-refractivity contribution in [1.29, 1.82) is 5.26 Å². The van der Waals surface area contributed by atoms with E-state index in [9.17, 15) is 0 Å². The summed E-state index contributed by atoms with van der Waals surface area (Å²) in [5.41, 5.74) is 3.21. The largest absolute Gasteiger partial charge is 0.476 e. The average molecular weight is 253 g/mol. The molecule has 0 atom stereocenters. The lowest BCUT2D eigenvalue weighted by molar-refractivity contribution is 0.306. The van der Waals surface area contributed by atoms with Crippen LogP contribution < -0.4 is 4.74 Å². The summed E-state index contributed by atoms with van der Waals surface area (Å²) in [5, 5.41) is 9.12. The Hall–Kier alpha value is -2.41. The van der Waals surface area contributed by atoms with Crippen molar-refractivity contribution in [2.45, 2.75) is 20.3 Å². The number of rotatable bonds is 4. The van der Waals surface area contributed by atoms with Crippen LogP contribution in [0.5, 0.6) is 5.88 Å². The molecule has 0 spiro atoms. The van der Waals surface area contributed by atoms with E-state index in [1.165, 1.54) is 0 Å². The fourth-order valence-corrected chi connectivity index (χ4v) is 1.84. The molecular formula is C15H15N3O. The fraction of sp³-hybridized carbons (Fsp3) is 0.267. The number of nitrogens with zero attached hydrogens (tertiary/aromatic N) is 3. The van der Waals surface area contributed by atoms with Crippen LogP contribution in [0.2, 0.25) is 0 Å². The second kappa shape index (κ2) is 5.96. The van der Waals surface area contributed by atoms with Gasteiger partial charge in [0, 0.05) is 24.0 Å². The molecule has 2 rings (SSSR count). The van der Waals surface area contributed by atoms with Crippen LogP contribution in [-0.4, -0.2) is 16.6 Å². The van der Waals surface area contributed by atoms with Crippen LogP contribution >= 0.6 is 0 Å². The Morgan fingerprint density at radius 2 is 2.16 bits per heavy atom. The third-order valence-corrected chi connectivity index (χ3v) is 2.75. The van der Waals surface area contributed by atoms with E-state index in [1.807, 2.05) is 38.1 Å². The predicted octanol–water partition coefficient (Wildman–Crippen LogP) is 2.59. The maximum atomic E-state index is 9.12. The number of hydrogen-bond donors (Lipinski definition) is 0. The summed E-state index contributed by atoms with van der Waals surface area (Å²) in [6, 6.07) is 9.78. The molecule has 0 unspecified atom stereocenters. The minimum atomic E-state index is 0.413. The van der Waals surface area contributed by atoms with Gasteiger partial charge in [-0.1, -0.05) is 6.07 Å². The van der Waals surface area contributed by atoms with Gasteiger partial charge < -0.3 is 4.74 Å². The Balaban J connectivity index is 2.06. The summed E-state index contributed by atoms with van der Waals surface area (Å²) in [6.45, 7) is 4.24. The summed E-state index contributed by atoms with van der Waals surface area (Å²) in [4.78, 5) is 8.49. The molecule has 4 nitrogen and oxygen atoms in total. The highest BCUT2D eigenvalue weighted by molar-refractivity contribution is 5.45.